The quantitative estimate of drug-likeness (QED) is 0.575. The van der Waals surface area contributed by atoms with Gasteiger partial charge in [0, 0.05) is 12.7 Å². The van der Waals surface area contributed by atoms with Crippen LogP contribution in [-0.2, 0) is 11.4 Å². The smallest absolute Gasteiger partial charge is 0.123 e. The topological polar surface area (TPSA) is 38.3 Å². The van der Waals surface area contributed by atoms with Gasteiger partial charge in [0.05, 0.1) is 0 Å². The zero-order valence-corrected chi connectivity index (χ0v) is 18.4. The first-order valence-electron chi connectivity index (χ1n) is 10.5. The van der Waals surface area contributed by atoms with Gasteiger partial charge in [0.2, 0.25) is 0 Å². The first-order chi connectivity index (χ1) is 14.0. The van der Waals surface area contributed by atoms with Crippen molar-refractivity contribution < 1.29 is 13.9 Å². The van der Waals surface area contributed by atoms with Crippen LogP contribution in [0.1, 0.15) is 62.1 Å². The standard InChI is InChI=1S/C16H18FNO.C8H16.CH2O/c1-11-8-15(9-12(2)16(11)18-3)19-10-13-4-6-14(17)7-5-13;1-2-5-8-6-3-4-7-8;1-2/h4-9,18H,10H2,1-3H3;8H,2-7H2,1H3;1H2. The van der Waals surface area contributed by atoms with Crippen molar-refractivity contribution in [1.82, 2.24) is 0 Å². The lowest BCUT2D eigenvalue weighted by Crippen LogP contribution is -1.99. The van der Waals surface area contributed by atoms with E-state index in [9.17, 15) is 4.39 Å². The molecule has 1 N–H and O–H groups in total. The van der Waals surface area contributed by atoms with Gasteiger partial charge in [0.25, 0.3) is 0 Å². The summed E-state index contributed by atoms with van der Waals surface area (Å²) in [4.78, 5) is 8.00. The molecule has 1 fully saturated rings. The number of nitrogens with one attached hydrogen (secondary N) is 1. The highest BCUT2D eigenvalue weighted by atomic mass is 19.1. The number of rotatable bonds is 6. The lowest BCUT2D eigenvalue weighted by molar-refractivity contribution is -0.0979. The Kier molecular flexibility index (Phi) is 11.7. The molecule has 2 aromatic carbocycles. The largest absolute Gasteiger partial charge is 0.489 e. The second kappa shape index (κ2) is 13.8. The predicted octanol–water partition coefficient (Wildman–Crippen LogP) is 6.86. The van der Waals surface area contributed by atoms with Gasteiger partial charge in [0.1, 0.15) is 25.0 Å². The third kappa shape index (κ3) is 8.68. The number of carbonyl (C=O) groups excluding carboxylic acids is 1. The lowest BCUT2D eigenvalue weighted by atomic mass is 10.0. The fourth-order valence-electron chi connectivity index (χ4n) is 3.86. The first kappa shape index (κ1) is 24.7. The maximum atomic E-state index is 12.8. The molecule has 0 amide bonds. The van der Waals surface area contributed by atoms with Crippen LogP contribution in [0.25, 0.3) is 0 Å². The number of ether oxygens (including phenoxy) is 1. The van der Waals surface area contributed by atoms with E-state index in [4.69, 9.17) is 9.53 Å². The molecular formula is C25H36FNO2. The van der Waals surface area contributed by atoms with Crippen LogP contribution in [0, 0.1) is 25.6 Å². The van der Waals surface area contributed by atoms with Crippen LogP contribution in [0.4, 0.5) is 10.1 Å². The van der Waals surface area contributed by atoms with E-state index in [-0.39, 0.29) is 5.82 Å². The average Bonchev–Trinajstić information content (AvgIpc) is 3.23. The van der Waals surface area contributed by atoms with E-state index in [2.05, 4.69) is 12.2 Å². The molecule has 1 saturated carbocycles. The molecule has 4 heteroatoms. The van der Waals surface area contributed by atoms with E-state index in [1.54, 1.807) is 12.1 Å². The number of hydrogen-bond acceptors (Lipinski definition) is 3. The third-order valence-corrected chi connectivity index (χ3v) is 5.25. The summed E-state index contributed by atoms with van der Waals surface area (Å²) in [5, 5.41) is 3.17. The summed E-state index contributed by atoms with van der Waals surface area (Å²) in [5.41, 5.74) is 4.39. The van der Waals surface area contributed by atoms with Crippen LogP contribution in [0.15, 0.2) is 36.4 Å². The molecule has 0 aliphatic heterocycles. The van der Waals surface area contributed by atoms with Crippen molar-refractivity contribution >= 4 is 12.5 Å². The van der Waals surface area contributed by atoms with Gasteiger partial charge in [-0.1, -0.05) is 57.6 Å². The molecule has 2 aromatic rings. The van der Waals surface area contributed by atoms with Gasteiger partial charge in [-0.15, -0.1) is 0 Å². The van der Waals surface area contributed by atoms with Crippen molar-refractivity contribution in [2.75, 3.05) is 12.4 Å². The maximum absolute atomic E-state index is 12.8. The van der Waals surface area contributed by atoms with E-state index in [1.165, 1.54) is 50.7 Å². The Morgan fingerprint density at radius 1 is 1.07 bits per heavy atom. The molecule has 0 unspecified atom stereocenters. The summed E-state index contributed by atoms with van der Waals surface area (Å²) < 4.78 is 18.5. The Bertz CT molecular complexity index is 686. The van der Waals surface area contributed by atoms with Crippen molar-refractivity contribution in [3.63, 3.8) is 0 Å². The monoisotopic (exact) mass is 401 g/mol. The van der Waals surface area contributed by atoms with Crippen molar-refractivity contribution in [2.45, 2.75) is 65.9 Å². The highest BCUT2D eigenvalue weighted by Gasteiger charge is 2.12. The number of aryl methyl sites for hydroxylation is 2. The van der Waals surface area contributed by atoms with Crippen molar-refractivity contribution in [3.05, 3.63) is 58.9 Å². The van der Waals surface area contributed by atoms with Crippen LogP contribution >= 0.6 is 0 Å². The van der Waals surface area contributed by atoms with Crippen molar-refractivity contribution in [3.8, 4) is 5.75 Å². The summed E-state index contributed by atoms with van der Waals surface area (Å²) in [6, 6.07) is 10.4. The fourth-order valence-corrected chi connectivity index (χ4v) is 3.86. The van der Waals surface area contributed by atoms with Crippen LogP contribution in [0.2, 0.25) is 0 Å². The molecule has 160 valence electrons. The van der Waals surface area contributed by atoms with Crippen molar-refractivity contribution in [2.24, 2.45) is 5.92 Å². The molecule has 0 aromatic heterocycles. The molecule has 0 radical (unpaired) electrons. The van der Waals surface area contributed by atoms with E-state index >= 15 is 0 Å². The van der Waals surface area contributed by atoms with Gasteiger partial charge in [-0.2, -0.15) is 0 Å². The molecule has 1 aliphatic carbocycles. The normalized spacial score (nSPS) is 13.0. The number of hydrogen-bond donors (Lipinski definition) is 1. The maximum Gasteiger partial charge on any atom is 0.123 e. The molecular weight excluding hydrogens is 365 g/mol. The molecule has 1 aliphatic rings. The van der Waals surface area contributed by atoms with Crippen molar-refractivity contribution in [1.29, 1.82) is 0 Å². The zero-order valence-electron chi connectivity index (χ0n) is 18.4. The van der Waals surface area contributed by atoms with Gasteiger partial charge < -0.3 is 14.8 Å². The molecule has 0 atom stereocenters. The van der Waals surface area contributed by atoms with Gasteiger partial charge in [-0.25, -0.2) is 4.39 Å². The molecule has 3 rings (SSSR count). The number of benzene rings is 2. The van der Waals surface area contributed by atoms with Crippen LogP contribution in [-0.4, -0.2) is 13.8 Å². The van der Waals surface area contributed by atoms with Crippen LogP contribution in [0.3, 0.4) is 0 Å². The number of anilines is 1. The minimum atomic E-state index is -0.228. The Balaban J connectivity index is 0.000000351. The third-order valence-electron chi connectivity index (χ3n) is 5.25. The van der Waals surface area contributed by atoms with Gasteiger partial charge in [-0.05, 0) is 60.7 Å². The molecule has 3 nitrogen and oxygen atoms in total. The van der Waals surface area contributed by atoms with E-state index < -0.39 is 0 Å². The summed E-state index contributed by atoms with van der Waals surface area (Å²) >= 11 is 0. The summed E-state index contributed by atoms with van der Waals surface area (Å²) in [7, 11) is 1.91. The van der Waals surface area contributed by atoms with Gasteiger partial charge in [-0.3, -0.25) is 0 Å². The Morgan fingerprint density at radius 3 is 2.10 bits per heavy atom. The Morgan fingerprint density at radius 2 is 1.62 bits per heavy atom. The Labute approximate surface area is 175 Å². The summed E-state index contributed by atoms with van der Waals surface area (Å²) in [6.07, 6.45) is 8.93. The van der Waals surface area contributed by atoms with E-state index in [1.807, 2.05) is 39.8 Å². The van der Waals surface area contributed by atoms with Gasteiger partial charge >= 0.3 is 0 Å². The van der Waals surface area contributed by atoms with Gasteiger partial charge in [0.15, 0.2) is 0 Å². The summed E-state index contributed by atoms with van der Waals surface area (Å²) in [5.74, 6) is 1.71. The Hall–Kier alpha value is -2.36. The predicted molar refractivity (Wildman–Crippen MR) is 120 cm³/mol. The minimum Gasteiger partial charge on any atom is -0.489 e. The number of halogens is 1. The lowest BCUT2D eigenvalue weighted by Gasteiger charge is -2.13. The van der Waals surface area contributed by atoms with Crippen LogP contribution in [0.5, 0.6) is 5.75 Å². The summed E-state index contributed by atoms with van der Waals surface area (Å²) in [6.45, 7) is 8.82. The minimum absolute atomic E-state index is 0.228. The molecule has 0 saturated heterocycles. The molecule has 0 bridgehead atoms. The second-order valence-corrected chi connectivity index (χ2v) is 7.54. The highest BCUT2D eigenvalue weighted by Crippen LogP contribution is 2.28. The SMILES string of the molecule is C=O.CCCC1CCCC1.CNc1c(C)cc(OCc2ccc(F)cc2)cc1C. The fraction of sp³-hybridized carbons (Fsp3) is 0.480. The average molecular weight is 402 g/mol. The van der Waals surface area contributed by atoms with Crippen LogP contribution < -0.4 is 10.1 Å². The molecule has 0 heterocycles. The first-order valence-corrected chi connectivity index (χ1v) is 10.5. The zero-order chi connectivity index (χ0) is 21.6. The molecule has 0 spiro atoms. The second-order valence-electron chi connectivity index (χ2n) is 7.54. The number of carbonyl (C=O) groups is 1. The van der Waals surface area contributed by atoms with E-state index in [0.29, 0.717) is 6.61 Å². The highest BCUT2D eigenvalue weighted by molar-refractivity contribution is 5.59. The van der Waals surface area contributed by atoms with E-state index in [0.717, 1.165) is 34.0 Å². The molecule has 29 heavy (non-hydrogen) atoms.